The van der Waals surface area contributed by atoms with Crippen molar-refractivity contribution in [3.63, 3.8) is 0 Å². The van der Waals surface area contributed by atoms with Crippen LogP contribution in [0.25, 0.3) is 11.3 Å². The van der Waals surface area contributed by atoms with Gasteiger partial charge in [0.25, 0.3) is 0 Å². The fourth-order valence-electron chi connectivity index (χ4n) is 1.44. The summed E-state index contributed by atoms with van der Waals surface area (Å²) in [6.07, 6.45) is 0. The molecule has 1 aromatic carbocycles. The van der Waals surface area contributed by atoms with Gasteiger partial charge in [0, 0.05) is 12.6 Å². The molecule has 0 bridgehead atoms. The molecule has 5 heteroatoms. The molecule has 0 aliphatic rings. The maximum atomic E-state index is 13.0. The zero-order chi connectivity index (χ0) is 12.4. The van der Waals surface area contributed by atoms with Crippen LogP contribution in [0.3, 0.4) is 0 Å². The molecule has 88 valence electrons. The van der Waals surface area contributed by atoms with Gasteiger partial charge in [-0.2, -0.15) is 0 Å². The first kappa shape index (κ1) is 11.4. The van der Waals surface area contributed by atoms with Crippen molar-refractivity contribution in [1.82, 2.24) is 4.98 Å². The minimum atomic E-state index is -1.47. The third kappa shape index (κ3) is 2.22. The standard InChI is InChI=1S/C12H9F3N2/c1-16-11-4-2-3-10(17-11)7-5-8(13)12(15)9(14)6-7/h2-6H,1H3,(H,16,17). The van der Waals surface area contributed by atoms with Crippen LogP contribution in [-0.4, -0.2) is 12.0 Å². The number of nitrogens with zero attached hydrogens (tertiary/aromatic N) is 1. The highest BCUT2D eigenvalue weighted by molar-refractivity contribution is 5.61. The van der Waals surface area contributed by atoms with Crippen LogP contribution in [0, 0.1) is 17.5 Å². The number of pyridine rings is 1. The van der Waals surface area contributed by atoms with E-state index in [-0.39, 0.29) is 5.56 Å². The fourth-order valence-corrected chi connectivity index (χ4v) is 1.44. The van der Waals surface area contributed by atoms with Crippen molar-refractivity contribution in [2.45, 2.75) is 0 Å². The summed E-state index contributed by atoms with van der Waals surface area (Å²) in [5.74, 6) is -3.36. The molecule has 0 aliphatic carbocycles. The first-order chi connectivity index (χ1) is 8.11. The van der Waals surface area contributed by atoms with Crippen molar-refractivity contribution in [2.75, 3.05) is 12.4 Å². The molecule has 0 saturated carbocycles. The number of hydrogen-bond acceptors (Lipinski definition) is 2. The molecule has 0 spiro atoms. The fraction of sp³-hybridized carbons (Fsp3) is 0.0833. The minimum absolute atomic E-state index is 0.193. The molecular weight excluding hydrogens is 229 g/mol. The Morgan fingerprint density at radius 1 is 1.06 bits per heavy atom. The maximum absolute atomic E-state index is 13.0. The van der Waals surface area contributed by atoms with Gasteiger partial charge in [0.2, 0.25) is 0 Å². The zero-order valence-corrected chi connectivity index (χ0v) is 8.97. The predicted molar refractivity (Wildman–Crippen MR) is 59.1 cm³/mol. The summed E-state index contributed by atoms with van der Waals surface area (Å²) in [7, 11) is 1.68. The van der Waals surface area contributed by atoms with E-state index in [0.29, 0.717) is 11.5 Å². The summed E-state index contributed by atoms with van der Waals surface area (Å²) >= 11 is 0. The van der Waals surface area contributed by atoms with Gasteiger partial charge in [0.05, 0.1) is 5.69 Å². The second-order valence-corrected chi connectivity index (χ2v) is 3.41. The Morgan fingerprint density at radius 2 is 1.71 bits per heavy atom. The number of nitrogens with one attached hydrogen (secondary N) is 1. The van der Waals surface area contributed by atoms with Gasteiger partial charge in [-0.25, -0.2) is 18.2 Å². The highest BCUT2D eigenvalue weighted by Gasteiger charge is 2.12. The van der Waals surface area contributed by atoms with Crippen LogP contribution >= 0.6 is 0 Å². The van der Waals surface area contributed by atoms with Crippen molar-refractivity contribution in [3.05, 3.63) is 47.8 Å². The van der Waals surface area contributed by atoms with Crippen LogP contribution in [0.1, 0.15) is 0 Å². The lowest BCUT2D eigenvalue weighted by Crippen LogP contribution is -1.96. The Morgan fingerprint density at radius 3 is 2.29 bits per heavy atom. The molecule has 2 nitrogen and oxygen atoms in total. The summed E-state index contributed by atoms with van der Waals surface area (Å²) in [5.41, 5.74) is 0.563. The largest absolute Gasteiger partial charge is 0.373 e. The Balaban J connectivity index is 2.52. The van der Waals surface area contributed by atoms with E-state index >= 15 is 0 Å². The molecule has 0 unspecified atom stereocenters. The Bertz CT molecular complexity index is 532. The number of benzene rings is 1. The van der Waals surface area contributed by atoms with Gasteiger partial charge >= 0.3 is 0 Å². The molecule has 17 heavy (non-hydrogen) atoms. The van der Waals surface area contributed by atoms with Crippen LogP contribution in [0.4, 0.5) is 19.0 Å². The summed E-state index contributed by atoms with van der Waals surface area (Å²) in [6, 6.07) is 6.82. The maximum Gasteiger partial charge on any atom is 0.194 e. The van der Waals surface area contributed by atoms with Gasteiger partial charge in [-0.15, -0.1) is 0 Å². The van der Waals surface area contributed by atoms with E-state index < -0.39 is 17.5 Å². The molecule has 0 amide bonds. The van der Waals surface area contributed by atoms with Crippen molar-refractivity contribution in [3.8, 4) is 11.3 Å². The van der Waals surface area contributed by atoms with Gasteiger partial charge in [0.1, 0.15) is 5.82 Å². The molecular formula is C12H9F3N2. The van der Waals surface area contributed by atoms with Crippen LogP contribution in [0.5, 0.6) is 0 Å². The third-order valence-electron chi connectivity index (χ3n) is 2.28. The van der Waals surface area contributed by atoms with Crippen LogP contribution in [0.15, 0.2) is 30.3 Å². The van der Waals surface area contributed by atoms with Crippen molar-refractivity contribution in [1.29, 1.82) is 0 Å². The van der Waals surface area contributed by atoms with Gasteiger partial charge < -0.3 is 5.32 Å². The molecule has 0 atom stereocenters. The summed E-state index contributed by atoms with van der Waals surface area (Å²) < 4.78 is 38.9. The van der Waals surface area contributed by atoms with E-state index in [9.17, 15) is 13.2 Å². The van der Waals surface area contributed by atoms with E-state index in [1.165, 1.54) is 0 Å². The highest BCUT2D eigenvalue weighted by Crippen LogP contribution is 2.23. The molecule has 1 heterocycles. The van der Waals surface area contributed by atoms with E-state index in [2.05, 4.69) is 10.3 Å². The van der Waals surface area contributed by atoms with Gasteiger partial charge in [-0.05, 0) is 24.3 Å². The topological polar surface area (TPSA) is 24.9 Å². The van der Waals surface area contributed by atoms with Gasteiger partial charge in [0.15, 0.2) is 17.5 Å². The molecule has 2 aromatic rings. The molecule has 0 aliphatic heterocycles. The quantitative estimate of drug-likeness (QED) is 0.812. The van der Waals surface area contributed by atoms with Crippen LogP contribution in [-0.2, 0) is 0 Å². The van der Waals surface area contributed by atoms with E-state index in [1.807, 2.05) is 0 Å². The normalized spacial score (nSPS) is 10.4. The average Bonchev–Trinajstić information content (AvgIpc) is 2.35. The molecule has 0 radical (unpaired) electrons. The Kier molecular flexibility index (Phi) is 2.99. The molecule has 0 fully saturated rings. The molecule has 1 aromatic heterocycles. The zero-order valence-electron chi connectivity index (χ0n) is 8.97. The van der Waals surface area contributed by atoms with Crippen molar-refractivity contribution >= 4 is 5.82 Å². The Hall–Kier alpha value is -2.04. The van der Waals surface area contributed by atoms with Gasteiger partial charge in [-0.3, -0.25) is 0 Å². The number of anilines is 1. The van der Waals surface area contributed by atoms with Crippen molar-refractivity contribution in [2.24, 2.45) is 0 Å². The predicted octanol–water partition coefficient (Wildman–Crippen LogP) is 3.21. The lowest BCUT2D eigenvalue weighted by Gasteiger charge is -2.05. The molecule has 2 rings (SSSR count). The van der Waals surface area contributed by atoms with E-state index in [1.54, 1.807) is 25.2 Å². The summed E-state index contributed by atoms with van der Waals surface area (Å²) in [4.78, 5) is 4.11. The van der Waals surface area contributed by atoms with Crippen molar-refractivity contribution < 1.29 is 13.2 Å². The number of aromatic nitrogens is 1. The lowest BCUT2D eigenvalue weighted by molar-refractivity contribution is 0.447. The average molecular weight is 238 g/mol. The lowest BCUT2D eigenvalue weighted by atomic mass is 10.1. The first-order valence-corrected chi connectivity index (χ1v) is 4.91. The second kappa shape index (κ2) is 4.45. The summed E-state index contributed by atoms with van der Waals surface area (Å²) in [6.45, 7) is 0. The highest BCUT2D eigenvalue weighted by atomic mass is 19.2. The third-order valence-corrected chi connectivity index (χ3v) is 2.28. The Labute approximate surface area is 96.1 Å². The smallest absolute Gasteiger partial charge is 0.194 e. The molecule has 0 saturated heterocycles. The SMILES string of the molecule is CNc1cccc(-c2cc(F)c(F)c(F)c2)n1. The number of rotatable bonds is 2. The minimum Gasteiger partial charge on any atom is -0.373 e. The van der Waals surface area contributed by atoms with Gasteiger partial charge in [-0.1, -0.05) is 6.07 Å². The number of hydrogen-bond donors (Lipinski definition) is 1. The second-order valence-electron chi connectivity index (χ2n) is 3.41. The van der Waals surface area contributed by atoms with E-state index in [4.69, 9.17) is 0 Å². The summed E-state index contributed by atoms with van der Waals surface area (Å²) in [5, 5.41) is 2.81. The molecule has 1 N–H and O–H groups in total. The monoisotopic (exact) mass is 238 g/mol. The van der Waals surface area contributed by atoms with Crippen LogP contribution in [0.2, 0.25) is 0 Å². The van der Waals surface area contributed by atoms with Crippen LogP contribution < -0.4 is 5.32 Å². The number of halogens is 3. The first-order valence-electron chi connectivity index (χ1n) is 4.91. The van der Waals surface area contributed by atoms with E-state index in [0.717, 1.165) is 12.1 Å².